The van der Waals surface area contributed by atoms with Crippen molar-refractivity contribution in [2.45, 2.75) is 13.5 Å². The summed E-state index contributed by atoms with van der Waals surface area (Å²) in [5, 5.41) is 7.95. The molecule has 4 N–H and O–H groups in total. The number of primary amides is 1. The van der Waals surface area contributed by atoms with Crippen LogP contribution in [0, 0.1) is 6.92 Å². The quantitative estimate of drug-likeness (QED) is 0.791. The molecule has 0 aliphatic rings. The van der Waals surface area contributed by atoms with E-state index in [0.717, 1.165) is 12.2 Å². The number of urea groups is 1. The van der Waals surface area contributed by atoms with Gasteiger partial charge in [0.05, 0.1) is 0 Å². The Kier molecular flexibility index (Phi) is 3.84. The molecule has 1 heterocycles. The minimum atomic E-state index is -0.551. The molecule has 0 atom stereocenters. The third kappa shape index (κ3) is 3.24. The fourth-order valence-corrected chi connectivity index (χ4v) is 2.43. The van der Waals surface area contributed by atoms with Crippen LogP contribution in [-0.2, 0) is 6.54 Å². The van der Waals surface area contributed by atoms with Gasteiger partial charge in [0.25, 0.3) is 0 Å². The summed E-state index contributed by atoms with van der Waals surface area (Å²) < 4.78 is 0. The van der Waals surface area contributed by atoms with Gasteiger partial charge in [0.15, 0.2) is 0 Å². The van der Waals surface area contributed by atoms with Gasteiger partial charge in [0.1, 0.15) is 0 Å². The van der Waals surface area contributed by atoms with Gasteiger partial charge in [-0.1, -0.05) is 0 Å². The second-order valence-corrected chi connectivity index (χ2v) is 4.95. The lowest BCUT2D eigenvalue weighted by Crippen LogP contribution is -2.19. The molecule has 4 nitrogen and oxygen atoms in total. The maximum atomic E-state index is 10.7. The minimum Gasteiger partial charge on any atom is -0.380 e. The van der Waals surface area contributed by atoms with E-state index in [9.17, 15) is 4.79 Å². The number of aryl methyl sites for hydroxylation is 1. The smallest absolute Gasteiger partial charge is 0.316 e. The monoisotopic (exact) mass is 261 g/mol. The van der Waals surface area contributed by atoms with Crippen molar-refractivity contribution in [3.05, 3.63) is 46.2 Å². The summed E-state index contributed by atoms with van der Waals surface area (Å²) in [6.45, 7) is 2.92. The zero-order valence-corrected chi connectivity index (χ0v) is 10.9. The van der Waals surface area contributed by atoms with Gasteiger partial charge < -0.3 is 16.4 Å². The molecule has 0 fully saturated rings. The number of hydrogen-bond donors (Lipinski definition) is 3. The first-order chi connectivity index (χ1) is 8.65. The van der Waals surface area contributed by atoms with Gasteiger partial charge in [-0.2, -0.15) is 0 Å². The first-order valence-corrected chi connectivity index (χ1v) is 6.46. The number of anilines is 2. The van der Waals surface area contributed by atoms with Gasteiger partial charge in [-0.15, -0.1) is 11.3 Å². The van der Waals surface area contributed by atoms with Crippen molar-refractivity contribution >= 4 is 28.7 Å². The molecule has 1 aromatic carbocycles. The standard InChI is InChI=1S/C13H15N3OS/c1-9-6-7-18-12(9)8-15-10-2-4-11(5-3-10)16-13(14)17/h2-7,15H,8H2,1H3,(H3,14,16,17). The predicted molar refractivity (Wildman–Crippen MR) is 76.0 cm³/mol. The SMILES string of the molecule is Cc1ccsc1CNc1ccc(NC(N)=O)cc1. The summed E-state index contributed by atoms with van der Waals surface area (Å²) in [4.78, 5) is 12.0. The highest BCUT2D eigenvalue weighted by atomic mass is 32.1. The number of rotatable bonds is 4. The number of amides is 2. The van der Waals surface area contributed by atoms with Crippen LogP contribution < -0.4 is 16.4 Å². The van der Waals surface area contributed by atoms with E-state index < -0.39 is 6.03 Å². The molecule has 2 aromatic rings. The van der Waals surface area contributed by atoms with Crippen molar-refractivity contribution in [1.29, 1.82) is 0 Å². The third-order valence-electron chi connectivity index (χ3n) is 2.57. The highest BCUT2D eigenvalue weighted by Crippen LogP contribution is 2.18. The van der Waals surface area contributed by atoms with Gasteiger partial charge in [0, 0.05) is 22.8 Å². The molecule has 2 rings (SSSR count). The summed E-state index contributed by atoms with van der Waals surface area (Å²) in [7, 11) is 0. The number of nitrogens with one attached hydrogen (secondary N) is 2. The van der Waals surface area contributed by atoms with Crippen molar-refractivity contribution in [2.24, 2.45) is 5.73 Å². The van der Waals surface area contributed by atoms with Crippen LogP contribution in [0.2, 0.25) is 0 Å². The van der Waals surface area contributed by atoms with Gasteiger partial charge in [-0.05, 0) is 48.2 Å². The molecule has 94 valence electrons. The summed E-state index contributed by atoms with van der Waals surface area (Å²) in [6, 6.07) is 9.01. The molecule has 0 spiro atoms. The molecule has 5 heteroatoms. The largest absolute Gasteiger partial charge is 0.380 e. The van der Waals surface area contributed by atoms with Gasteiger partial charge in [0.2, 0.25) is 0 Å². The van der Waals surface area contributed by atoms with Crippen LogP contribution in [0.15, 0.2) is 35.7 Å². The Morgan fingerprint density at radius 3 is 2.44 bits per heavy atom. The van der Waals surface area contributed by atoms with Crippen LogP contribution in [-0.4, -0.2) is 6.03 Å². The summed E-state index contributed by atoms with van der Waals surface area (Å²) >= 11 is 1.74. The van der Waals surface area contributed by atoms with E-state index in [1.807, 2.05) is 24.3 Å². The average molecular weight is 261 g/mol. The maximum absolute atomic E-state index is 10.7. The van der Waals surface area contributed by atoms with Gasteiger partial charge >= 0.3 is 6.03 Å². The van der Waals surface area contributed by atoms with E-state index in [1.54, 1.807) is 11.3 Å². The molecule has 0 aliphatic carbocycles. The summed E-state index contributed by atoms with van der Waals surface area (Å²) in [6.07, 6.45) is 0. The number of carbonyl (C=O) groups excluding carboxylic acids is 1. The van der Waals surface area contributed by atoms with Crippen LogP contribution in [0.4, 0.5) is 16.2 Å². The molecule has 0 radical (unpaired) electrons. The lowest BCUT2D eigenvalue weighted by atomic mass is 10.2. The second kappa shape index (κ2) is 5.55. The molecule has 2 amide bonds. The number of nitrogens with two attached hydrogens (primary N) is 1. The summed E-state index contributed by atoms with van der Waals surface area (Å²) in [5.41, 5.74) is 8.05. The lowest BCUT2D eigenvalue weighted by Gasteiger charge is -2.07. The Bertz CT molecular complexity index is 533. The fraction of sp³-hybridized carbons (Fsp3) is 0.154. The van der Waals surface area contributed by atoms with E-state index >= 15 is 0 Å². The van der Waals surface area contributed by atoms with Gasteiger partial charge in [-0.25, -0.2) is 4.79 Å². The van der Waals surface area contributed by atoms with E-state index in [1.165, 1.54) is 10.4 Å². The van der Waals surface area contributed by atoms with Crippen LogP contribution in [0.25, 0.3) is 0 Å². The lowest BCUT2D eigenvalue weighted by molar-refractivity contribution is 0.259. The van der Waals surface area contributed by atoms with Crippen LogP contribution in [0.1, 0.15) is 10.4 Å². The van der Waals surface area contributed by atoms with E-state index in [-0.39, 0.29) is 0 Å². The fourth-order valence-electron chi connectivity index (χ4n) is 1.58. The second-order valence-electron chi connectivity index (χ2n) is 3.95. The molecule has 0 bridgehead atoms. The first-order valence-electron chi connectivity index (χ1n) is 5.58. The molecule has 0 unspecified atom stereocenters. The molecular formula is C13H15N3OS. The van der Waals surface area contributed by atoms with Crippen molar-refractivity contribution < 1.29 is 4.79 Å². The van der Waals surface area contributed by atoms with E-state index in [2.05, 4.69) is 29.0 Å². The molecule has 0 saturated carbocycles. The van der Waals surface area contributed by atoms with Crippen molar-refractivity contribution in [3.63, 3.8) is 0 Å². The minimum absolute atomic E-state index is 0.551. The van der Waals surface area contributed by atoms with Crippen molar-refractivity contribution in [3.8, 4) is 0 Å². The highest BCUT2D eigenvalue weighted by Gasteiger charge is 2.00. The molecule has 18 heavy (non-hydrogen) atoms. The number of thiophene rings is 1. The normalized spacial score (nSPS) is 10.1. The van der Waals surface area contributed by atoms with Crippen LogP contribution in [0.3, 0.4) is 0 Å². The molecule has 0 saturated heterocycles. The van der Waals surface area contributed by atoms with Crippen molar-refractivity contribution in [2.75, 3.05) is 10.6 Å². The highest BCUT2D eigenvalue weighted by molar-refractivity contribution is 7.10. The third-order valence-corrected chi connectivity index (χ3v) is 3.60. The predicted octanol–water partition coefficient (Wildman–Crippen LogP) is 3.16. The average Bonchev–Trinajstić information content (AvgIpc) is 2.73. The van der Waals surface area contributed by atoms with Crippen LogP contribution >= 0.6 is 11.3 Å². The zero-order chi connectivity index (χ0) is 13.0. The topological polar surface area (TPSA) is 67.2 Å². The first kappa shape index (κ1) is 12.4. The Morgan fingerprint density at radius 2 is 1.89 bits per heavy atom. The Balaban J connectivity index is 1.94. The maximum Gasteiger partial charge on any atom is 0.316 e. The van der Waals surface area contributed by atoms with E-state index in [4.69, 9.17) is 5.73 Å². The molecular weight excluding hydrogens is 246 g/mol. The number of hydrogen-bond acceptors (Lipinski definition) is 3. The molecule has 1 aromatic heterocycles. The summed E-state index contributed by atoms with van der Waals surface area (Å²) in [5.74, 6) is 0. The van der Waals surface area contributed by atoms with Gasteiger partial charge in [-0.3, -0.25) is 0 Å². The Labute approximate surface area is 110 Å². The Hall–Kier alpha value is -2.01. The van der Waals surface area contributed by atoms with Crippen LogP contribution in [0.5, 0.6) is 0 Å². The van der Waals surface area contributed by atoms with Crippen molar-refractivity contribution in [1.82, 2.24) is 0 Å². The number of benzene rings is 1. The molecule has 0 aliphatic heterocycles. The van der Waals surface area contributed by atoms with E-state index in [0.29, 0.717) is 5.69 Å². The Morgan fingerprint density at radius 1 is 1.22 bits per heavy atom. The number of carbonyl (C=O) groups is 1. The zero-order valence-electron chi connectivity index (χ0n) is 10.1.